The molecule has 9 nitrogen and oxygen atoms in total. The van der Waals surface area contributed by atoms with Gasteiger partial charge in [-0.25, -0.2) is 4.79 Å². The average Bonchev–Trinajstić information content (AvgIpc) is 2.74. The Morgan fingerprint density at radius 1 is 1.17 bits per heavy atom. The van der Waals surface area contributed by atoms with Crippen LogP contribution in [-0.2, 0) is 14.3 Å². The molecule has 1 fully saturated rings. The fourth-order valence-corrected chi connectivity index (χ4v) is 2.94. The van der Waals surface area contributed by atoms with Crippen molar-refractivity contribution >= 4 is 40.5 Å². The molecule has 0 unspecified atom stereocenters. The van der Waals surface area contributed by atoms with E-state index in [2.05, 4.69) is 5.32 Å². The van der Waals surface area contributed by atoms with E-state index < -0.39 is 23.4 Å². The molecule has 1 aliphatic rings. The van der Waals surface area contributed by atoms with Gasteiger partial charge >= 0.3 is 5.97 Å². The Morgan fingerprint density at radius 2 is 1.86 bits per heavy atom. The summed E-state index contributed by atoms with van der Waals surface area (Å²) in [5.74, 6) is -1.37. The summed E-state index contributed by atoms with van der Waals surface area (Å²) in [4.78, 5) is 36.9. The monoisotopic (exact) mass is 419 g/mol. The molecule has 1 amide bonds. The Hall–Kier alpha value is -3.17. The molecule has 0 aromatic heterocycles. The molecule has 29 heavy (non-hydrogen) atoms. The van der Waals surface area contributed by atoms with Crippen LogP contribution in [0.5, 0.6) is 0 Å². The smallest absolute Gasteiger partial charge is 0.338 e. The number of rotatable bonds is 6. The number of halogens is 1. The molecule has 0 radical (unpaired) electrons. The van der Waals surface area contributed by atoms with Gasteiger partial charge in [-0.05, 0) is 36.4 Å². The van der Waals surface area contributed by atoms with Gasteiger partial charge in [0, 0.05) is 29.9 Å². The minimum atomic E-state index is -0.826. The van der Waals surface area contributed by atoms with Crippen LogP contribution in [0.2, 0.25) is 5.02 Å². The molecule has 2 aromatic carbocycles. The number of amides is 1. The maximum atomic E-state index is 12.2. The third-order valence-corrected chi connectivity index (χ3v) is 4.47. The molecule has 10 heteroatoms. The number of esters is 1. The standard InChI is InChI=1S/C19H18ClN3O6/c20-14-2-4-15(5-3-14)21-18(24)12-29-19(25)13-1-6-16(17(11-13)23(26)27)22-7-9-28-10-8-22/h1-6,11H,7-10,12H2,(H,21,24). The maximum Gasteiger partial charge on any atom is 0.338 e. The van der Waals surface area contributed by atoms with Crippen molar-refractivity contribution in [1.29, 1.82) is 0 Å². The molecule has 1 heterocycles. The molecule has 1 N–H and O–H groups in total. The fraction of sp³-hybridized carbons (Fsp3) is 0.263. The van der Waals surface area contributed by atoms with E-state index in [-0.39, 0.29) is 11.3 Å². The van der Waals surface area contributed by atoms with Crippen LogP contribution in [0.1, 0.15) is 10.4 Å². The van der Waals surface area contributed by atoms with Crippen molar-refractivity contribution < 1.29 is 24.0 Å². The molecule has 2 aromatic rings. The van der Waals surface area contributed by atoms with Crippen LogP contribution >= 0.6 is 11.6 Å². The Morgan fingerprint density at radius 3 is 2.52 bits per heavy atom. The van der Waals surface area contributed by atoms with E-state index in [0.717, 1.165) is 6.07 Å². The zero-order valence-electron chi connectivity index (χ0n) is 15.3. The third kappa shape index (κ3) is 5.43. The highest BCUT2D eigenvalue weighted by molar-refractivity contribution is 6.30. The first kappa shape index (κ1) is 20.6. The predicted octanol–water partition coefficient (Wildman–Crippen LogP) is 2.88. The number of benzene rings is 2. The predicted molar refractivity (Wildman–Crippen MR) is 106 cm³/mol. The van der Waals surface area contributed by atoms with E-state index in [1.165, 1.54) is 12.1 Å². The van der Waals surface area contributed by atoms with Gasteiger partial charge in [-0.3, -0.25) is 14.9 Å². The summed E-state index contributed by atoms with van der Waals surface area (Å²) in [5, 5.41) is 14.5. The number of ether oxygens (including phenoxy) is 2. The van der Waals surface area contributed by atoms with Gasteiger partial charge in [0.15, 0.2) is 6.61 Å². The Kier molecular flexibility index (Phi) is 6.63. The van der Waals surface area contributed by atoms with Crippen molar-refractivity contribution in [3.8, 4) is 0 Å². The quantitative estimate of drug-likeness (QED) is 0.435. The minimum Gasteiger partial charge on any atom is -0.452 e. The fourth-order valence-electron chi connectivity index (χ4n) is 2.81. The van der Waals surface area contributed by atoms with E-state index in [1.807, 2.05) is 4.90 Å². The van der Waals surface area contributed by atoms with Crippen molar-refractivity contribution in [1.82, 2.24) is 0 Å². The Labute approximate surface area is 171 Å². The van der Waals surface area contributed by atoms with Crippen molar-refractivity contribution in [3.05, 3.63) is 63.2 Å². The first-order chi connectivity index (χ1) is 13.9. The van der Waals surface area contributed by atoms with Crippen LogP contribution in [0.4, 0.5) is 17.1 Å². The number of hydrogen-bond acceptors (Lipinski definition) is 7. The highest BCUT2D eigenvalue weighted by Crippen LogP contribution is 2.30. The first-order valence-electron chi connectivity index (χ1n) is 8.78. The molecule has 0 spiro atoms. The largest absolute Gasteiger partial charge is 0.452 e. The van der Waals surface area contributed by atoms with Gasteiger partial charge < -0.3 is 19.7 Å². The van der Waals surface area contributed by atoms with Gasteiger partial charge in [0.25, 0.3) is 11.6 Å². The van der Waals surface area contributed by atoms with Gasteiger partial charge in [-0.1, -0.05) is 11.6 Å². The van der Waals surface area contributed by atoms with Crippen LogP contribution < -0.4 is 10.2 Å². The molecule has 3 rings (SSSR count). The molecule has 0 aliphatic carbocycles. The molecular weight excluding hydrogens is 402 g/mol. The lowest BCUT2D eigenvalue weighted by atomic mass is 10.1. The zero-order chi connectivity index (χ0) is 20.8. The second-order valence-electron chi connectivity index (χ2n) is 6.19. The van der Waals surface area contributed by atoms with Crippen molar-refractivity contribution in [3.63, 3.8) is 0 Å². The van der Waals surface area contributed by atoms with E-state index >= 15 is 0 Å². The molecule has 1 saturated heterocycles. The summed E-state index contributed by atoms with van der Waals surface area (Å²) in [6.45, 7) is 1.47. The van der Waals surface area contributed by atoms with Crippen LogP contribution in [0, 0.1) is 10.1 Å². The molecule has 0 saturated carbocycles. The van der Waals surface area contributed by atoms with E-state index in [9.17, 15) is 19.7 Å². The number of carbonyl (C=O) groups excluding carboxylic acids is 2. The van der Waals surface area contributed by atoms with Crippen molar-refractivity contribution in [2.24, 2.45) is 0 Å². The molecule has 152 valence electrons. The summed E-state index contributed by atoms with van der Waals surface area (Å²) in [7, 11) is 0. The lowest BCUT2D eigenvalue weighted by Crippen LogP contribution is -2.36. The second kappa shape index (κ2) is 9.35. The lowest BCUT2D eigenvalue weighted by Gasteiger charge is -2.28. The number of carbonyl (C=O) groups is 2. The van der Waals surface area contributed by atoms with Crippen molar-refractivity contribution in [2.45, 2.75) is 0 Å². The van der Waals surface area contributed by atoms with Gasteiger partial charge in [0.2, 0.25) is 0 Å². The highest BCUT2D eigenvalue weighted by atomic mass is 35.5. The Balaban J connectivity index is 1.64. The second-order valence-corrected chi connectivity index (χ2v) is 6.63. The highest BCUT2D eigenvalue weighted by Gasteiger charge is 2.24. The number of nitrogens with zero attached hydrogens (tertiary/aromatic N) is 2. The van der Waals surface area contributed by atoms with Crippen LogP contribution in [0.3, 0.4) is 0 Å². The number of anilines is 2. The minimum absolute atomic E-state index is 0.00648. The molecule has 1 aliphatic heterocycles. The SMILES string of the molecule is O=C(COC(=O)c1ccc(N2CCOCC2)c([N+](=O)[O-])c1)Nc1ccc(Cl)cc1. The normalized spacial score (nSPS) is 13.6. The molecular formula is C19H18ClN3O6. The summed E-state index contributed by atoms with van der Waals surface area (Å²) < 4.78 is 10.2. The number of nitro benzene ring substituents is 1. The third-order valence-electron chi connectivity index (χ3n) is 4.22. The maximum absolute atomic E-state index is 12.2. The van der Waals surface area contributed by atoms with E-state index in [4.69, 9.17) is 21.1 Å². The zero-order valence-corrected chi connectivity index (χ0v) is 16.1. The average molecular weight is 420 g/mol. The number of morpholine rings is 1. The molecule has 0 atom stereocenters. The number of hydrogen-bond donors (Lipinski definition) is 1. The number of nitro groups is 1. The van der Waals surface area contributed by atoms with Crippen LogP contribution in [-0.4, -0.2) is 49.7 Å². The summed E-state index contributed by atoms with van der Waals surface area (Å²) in [5.41, 5.74) is 0.705. The number of nitrogens with one attached hydrogen (secondary N) is 1. The van der Waals surface area contributed by atoms with Gasteiger partial charge in [-0.15, -0.1) is 0 Å². The van der Waals surface area contributed by atoms with E-state index in [1.54, 1.807) is 24.3 Å². The van der Waals surface area contributed by atoms with Crippen LogP contribution in [0.25, 0.3) is 0 Å². The first-order valence-corrected chi connectivity index (χ1v) is 9.15. The Bertz CT molecular complexity index is 913. The van der Waals surface area contributed by atoms with Gasteiger partial charge in [-0.2, -0.15) is 0 Å². The van der Waals surface area contributed by atoms with Crippen molar-refractivity contribution in [2.75, 3.05) is 43.1 Å². The van der Waals surface area contributed by atoms with E-state index in [0.29, 0.717) is 42.7 Å². The van der Waals surface area contributed by atoms with Gasteiger partial charge in [0.05, 0.1) is 23.7 Å². The van der Waals surface area contributed by atoms with Crippen LogP contribution in [0.15, 0.2) is 42.5 Å². The lowest BCUT2D eigenvalue weighted by molar-refractivity contribution is -0.384. The van der Waals surface area contributed by atoms with Gasteiger partial charge in [0.1, 0.15) is 5.69 Å². The molecule has 0 bridgehead atoms. The summed E-state index contributed by atoms with van der Waals surface area (Å²) in [6, 6.07) is 10.5. The summed E-state index contributed by atoms with van der Waals surface area (Å²) in [6.07, 6.45) is 0. The summed E-state index contributed by atoms with van der Waals surface area (Å²) >= 11 is 5.78. The topological polar surface area (TPSA) is 111 Å².